The zero-order valence-electron chi connectivity index (χ0n) is 25.8. The van der Waals surface area contributed by atoms with Gasteiger partial charge in [-0.25, -0.2) is 4.98 Å². The van der Waals surface area contributed by atoms with Crippen LogP contribution in [0.15, 0.2) is 65.6 Å². The molecule has 5 rings (SSSR count). The number of phenols is 1. The fraction of sp³-hybridized carbons (Fsp3) is 0.343. The molecule has 0 spiro atoms. The first kappa shape index (κ1) is 31.3. The molecular weight excluding hydrogens is 578 g/mol. The lowest BCUT2D eigenvalue weighted by Gasteiger charge is -2.28. The lowest BCUT2D eigenvalue weighted by atomic mass is 9.78. The third kappa shape index (κ3) is 5.99. The summed E-state index contributed by atoms with van der Waals surface area (Å²) >= 11 is 0. The van der Waals surface area contributed by atoms with E-state index in [0.29, 0.717) is 30.0 Å². The molecular formula is C35H37NO7S. The van der Waals surface area contributed by atoms with Gasteiger partial charge in [0.05, 0.1) is 17.2 Å². The number of carbonyl (C=O) groups is 2. The number of benzene rings is 3. The van der Waals surface area contributed by atoms with Crippen molar-refractivity contribution in [2.75, 3.05) is 6.61 Å². The van der Waals surface area contributed by atoms with Crippen LogP contribution in [0.5, 0.6) is 11.5 Å². The van der Waals surface area contributed by atoms with Gasteiger partial charge in [-0.3, -0.25) is 14.1 Å². The van der Waals surface area contributed by atoms with Gasteiger partial charge in [-0.15, -0.1) is 0 Å². The maximum absolute atomic E-state index is 13.3. The lowest BCUT2D eigenvalue weighted by Crippen LogP contribution is -2.18. The number of para-hydroxylation sites is 1. The number of aromatic hydroxyl groups is 1. The van der Waals surface area contributed by atoms with Crippen LogP contribution < -0.4 is 4.74 Å². The van der Waals surface area contributed by atoms with Gasteiger partial charge in [0.15, 0.2) is 11.6 Å². The number of carbonyl (C=O) groups excluding carboxylic acids is 2. The summed E-state index contributed by atoms with van der Waals surface area (Å²) in [4.78, 5) is 30.7. The van der Waals surface area contributed by atoms with E-state index in [1.165, 1.54) is 6.07 Å². The number of aromatic nitrogens is 1. The summed E-state index contributed by atoms with van der Waals surface area (Å²) in [6.07, 6.45) is 1.45. The van der Waals surface area contributed by atoms with Gasteiger partial charge in [-0.05, 0) is 70.7 Å². The molecule has 230 valence electrons. The van der Waals surface area contributed by atoms with Crippen LogP contribution in [0.3, 0.4) is 0 Å². The predicted molar refractivity (Wildman–Crippen MR) is 169 cm³/mol. The fourth-order valence-electron chi connectivity index (χ4n) is 5.65. The van der Waals surface area contributed by atoms with Gasteiger partial charge >= 0.3 is 0 Å². The van der Waals surface area contributed by atoms with E-state index in [9.17, 15) is 27.7 Å². The predicted octanol–water partition coefficient (Wildman–Crippen LogP) is 6.96. The van der Waals surface area contributed by atoms with Crippen molar-refractivity contribution < 1.29 is 32.4 Å². The Kier molecular flexibility index (Phi) is 7.93. The molecule has 2 N–H and O–H groups in total. The lowest BCUT2D eigenvalue weighted by molar-refractivity contribution is 0.0888. The first-order valence-electron chi connectivity index (χ1n) is 14.6. The Morgan fingerprint density at radius 1 is 0.841 bits per heavy atom. The topological polar surface area (TPSA) is 131 Å². The molecule has 1 unspecified atom stereocenters. The molecule has 9 heteroatoms. The van der Waals surface area contributed by atoms with E-state index in [4.69, 9.17) is 4.74 Å². The van der Waals surface area contributed by atoms with E-state index in [1.807, 2.05) is 12.1 Å². The molecule has 0 fully saturated rings. The van der Waals surface area contributed by atoms with Crippen LogP contribution in [-0.2, 0) is 27.4 Å². The number of phenolic OH excluding ortho intramolecular Hbond substituents is 1. The Bertz CT molecular complexity index is 1880. The first-order chi connectivity index (χ1) is 20.5. The largest absolute Gasteiger partial charge is 0.507 e. The van der Waals surface area contributed by atoms with Gasteiger partial charge < -0.3 is 9.84 Å². The van der Waals surface area contributed by atoms with Gasteiger partial charge in [0.2, 0.25) is 0 Å². The minimum atomic E-state index is -4.54. The number of fused-ring (bicyclic) bond motifs is 2. The molecule has 3 aromatic carbocycles. The fourth-order valence-corrected chi connectivity index (χ4v) is 6.16. The van der Waals surface area contributed by atoms with E-state index >= 15 is 0 Å². The maximum Gasteiger partial charge on any atom is 0.294 e. The summed E-state index contributed by atoms with van der Waals surface area (Å²) in [7, 11) is -4.54. The molecule has 1 aliphatic rings. The van der Waals surface area contributed by atoms with Crippen molar-refractivity contribution in [2.24, 2.45) is 0 Å². The second-order valence-corrected chi connectivity index (χ2v) is 14.8. The quantitative estimate of drug-likeness (QED) is 0.130. The molecule has 44 heavy (non-hydrogen) atoms. The highest BCUT2D eigenvalue weighted by Crippen LogP contribution is 2.40. The highest BCUT2D eigenvalue weighted by Gasteiger charge is 2.41. The second-order valence-electron chi connectivity index (χ2n) is 13.4. The summed E-state index contributed by atoms with van der Waals surface area (Å²) in [5.74, 6) is -1.40. The van der Waals surface area contributed by atoms with Crippen molar-refractivity contribution in [1.29, 1.82) is 0 Å². The highest BCUT2D eigenvalue weighted by molar-refractivity contribution is 7.85. The standard InChI is InChI=1S/C35H37NO7S/c1-34(2,3)25-17-20(18-26(33(25)39)35(4,5)6)9-8-16-43-28-11-7-10-21-12-15-27(36-30(21)28)29-31(37)23-14-13-22(44(40,41)42)19-24(23)32(29)38/h7,10-15,17-19,29,39H,8-9,16H2,1-6H3,(H,40,41,42). The number of rotatable bonds is 7. The van der Waals surface area contributed by atoms with Gasteiger partial charge in [-0.2, -0.15) is 8.42 Å². The molecule has 1 heterocycles. The number of hydrogen-bond donors (Lipinski definition) is 2. The number of ether oxygens (including phenoxy) is 1. The number of nitrogens with zero attached hydrogens (tertiary/aromatic N) is 1. The highest BCUT2D eigenvalue weighted by atomic mass is 32.2. The Balaban J connectivity index is 1.37. The minimum Gasteiger partial charge on any atom is -0.507 e. The van der Waals surface area contributed by atoms with Crippen LogP contribution in [0.4, 0.5) is 0 Å². The molecule has 1 aromatic heterocycles. The maximum atomic E-state index is 13.3. The number of ketones is 2. The molecule has 0 saturated carbocycles. The molecule has 0 saturated heterocycles. The summed E-state index contributed by atoms with van der Waals surface area (Å²) in [5, 5.41) is 11.8. The Hall–Kier alpha value is -4.08. The zero-order chi connectivity index (χ0) is 32.2. The molecule has 0 amide bonds. The number of aryl methyl sites for hydroxylation is 1. The van der Waals surface area contributed by atoms with Gasteiger partial charge in [0, 0.05) is 16.5 Å². The third-order valence-corrected chi connectivity index (χ3v) is 8.85. The van der Waals surface area contributed by atoms with Gasteiger partial charge in [0.1, 0.15) is 22.9 Å². The van der Waals surface area contributed by atoms with Crippen LogP contribution >= 0.6 is 0 Å². The smallest absolute Gasteiger partial charge is 0.294 e. The zero-order valence-corrected chi connectivity index (χ0v) is 26.6. The molecule has 1 atom stereocenters. The summed E-state index contributed by atoms with van der Waals surface area (Å²) in [6.45, 7) is 12.9. The monoisotopic (exact) mass is 615 g/mol. The average molecular weight is 616 g/mol. The average Bonchev–Trinajstić information content (AvgIpc) is 3.18. The number of pyridine rings is 1. The van der Waals surface area contributed by atoms with Gasteiger partial charge in [-0.1, -0.05) is 71.9 Å². The van der Waals surface area contributed by atoms with Crippen molar-refractivity contribution in [3.8, 4) is 11.5 Å². The summed E-state index contributed by atoms with van der Waals surface area (Å²) in [5.41, 5.74) is 3.30. The van der Waals surface area contributed by atoms with Crippen LogP contribution in [0.1, 0.15) is 97.0 Å². The number of Topliss-reactive ketones (excluding diaryl/α,β-unsaturated/α-hetero) is 2. The molecule has 8 nitrogen and oxygen atoms in total. The molecule has 0 radical (unpaired) electrons. The van der Waals surface area contributed by atoms with Crippen LogP contribution in [0.25, 0.3) is 10.9 Å². The number of hydrogen-bond acceptors (Lipinski definition) is 7. The van der Waals surface area contributed by atoms with Crippen LogP contribution in [0.2, 0.25) is 0 Å². The normalized spacial score (nSPS) is 15.6. The van der Waals surface area contributed by atoms with Crippen molar-refractivity contribution in [2.45, 2.75) is 76.0 Å². The van der Waals surface area contributed by atoms with Crippen LogP contribution in [0, 0.1) is 0 Å². The molecule has 0 bridgehead atoms. The van der Waals surface area contributed by atoms with Crippen LogP contribution in [-0.4, -0.2) is 41.2 Å². The van der Waals surface area contributed by atoms with Crippen molar-refractivity contribution >= 4 is 32.6 Å². The van der Waals surface area contributed by atoms with E-state index < -0.39 is 32.5 Å². The van der Waals surface area contributed by atoms with Crippen molar-refractivity contribution in [3.05, 3.63) is 94.2 Å². The van der Waals surface area contributed by atoms with E-state index in [0.717, 1.165) is 40.6 Å². The third-order valence-electron chi connectivity index (χ3n) is 8.00. The van der Waals surface area contributed by atoms with E-state index in [2.05, 4.69) is 58.7 Å². The first-order valence-corrected chi connectivity index (χ1v) is 16.0. The Labute approximate surface area is 257 Å². The Morgan fingerprint density at radius 3 is 2.09 bits per heavy atom. The Morgan fingerprint density at radius 2 is 1.48 bits per heavy atom. The van der Waals surface area contributed by atoms with Gasteiger partial charge in [0.25, 0.3) is 10.1 Å². The summed E-state index contributed by atoms with van der Waals surface area (Å²) < 4.78 is 38.7. The minimum absolute atomic E-state index is 0.0555. The van der Waals surface area contributed by atoms with E-state index in [-0.39, 0.29) is 27.7 Å². The molecule has 0 aliphatic heterocycles. The van der Waals surface area contributed by atoms with Crippen molar-refractivity contribution in [1.82, 2.24) is 4.98 Å². The summed E-state index contributed by atoms with van der Waals surface area (Å²) in [6, 6.07) is 16.4. The SMILES string of the molecule is CC(C)(C)c1cc(CCCOc2cccc3ccc(C4C(=O)c5ccc(S(=O)(=O)O)cc5C4=O)nc23)cc(C(C)(C)C)c1O. The van der Waals surface area contributed by atoms with E-state index in [1.54, 1.807) is 18.2 Å². The molecule has 1 aliphatic carbocycles. The second kappa shape index (κ2) is 11.1. The van der Waals surface area contributed by atoms with Crippen molar-refractivity contribution in [3.63, 3.8) is 0 Å². The molecule has 4 aromatic rings.